The normalized spacial score (nSPS) is 18.8. The molecule has 3 aromatic rings. The van der Waals surface area contributed by atoms with Gasteiger partial charge >= 0.3 is 5.97 Å². The van der Waals surface area contributed by atoms with Crippen LogP contribution in [-0.2, 0) is 27.2 Å². The zero-order valence-corrected chi connectivity index (χ0v) is 22.5. The number of benzene rings is 2. The van der Waals surface area contributed by atoms with Crippen LogP contribution in [0.5, 0.6) is 0 Å². The molecule has 38 heavy (non-hydrogen) atoms. The molecule has 2 aliphatic rings. The average Bonchev–Trinajstić information content (AvgIpc) is 3.25. The minimum atomic E-state index is -0.670. The van der Waals surface area contributed by atoms with E-state index in [2.05, 4.69) is 18.4 Å². The van der Waals surface area contributed by atoms with Gasteiger partial charge in [0.05, 0.1) is 23.1 Å². The van der Waals surface area contributed by atoms with Gasteiger partial charge in [-0.15, -0.1) is 0 Å². The van der Waals surface area contributed by atoms with Crippen molar-refractivity contribution in [1.82, 2.24) is 9.55 Å². The van der Waals surface area contributed by atoms with Gasteiger partial charge in [-0.05, 0) is 55.5 Å². The van der Waals surface area contributed by atoms with E-state index >= 15 is 0 Å². The van der Waals surface area contributed by atoms with Gasteiger partial charge in [0.1, 0.15) is 17.4 Å². The standard InChI is InChI=1S/C31H36FN3O3/c1-4-38-30(37)25(33-27-19-28(36)31(27)14-6-5-7-15-31)17-21-8-11-23(12-9-21)35-26-13-10-22(32)18-24(26)34-29(35)16-20(2)3/h8-13,18,20,25H,4-7,14-17,19H2,1-3H3/t25-/m0/s1. The van der Waals surface area contributed by atoms with Crippen LogP contribution in [0.3, 0.4) is 0 Å². The van der Waals surface area contributed by atoms with E-state index in [-0.39, 0.29) is 24.2 Å². The maximum atomic E-state index is 13.9. The molecule has 1 spiro atoms. The van der Waals surface area contributed by atoms with Crippen molar-refractivity contribution in [2.24, 2.45) is 16.3 Å². The van der Waals surface area contributed by atoms with Crippen LogP contribution in [0, 0.1) is 17.2 Å². The number of Topliss-reactive ketones (excluding diaryl/α,β-unsaturated/α-hetero) is 1. The monoisotopic (exact) mass is 517 g/mol. The SMILES string of the molecule is CCOC(=O)[C@H](Cc1ccc(-n2c(CC(C)C)nc3cc(F)ccc32)cc1)N=C1CC(=O)C12CCCCC2. The number of aromatic nitrogens is 2. The van der Waals surface area contributed by atoms with Crippen molar-refractivity contribution in [2.45, 2.75) is 78.2 Å². The molecule has 1 atom stereocenters. The Bertz CT molecular complexity index is 1370. The lowest BCUT2D eigenvalue weighted by Gasteiger charge is -2.44. The number of hydrogen-bond donors (Lipinski definition) is 0. The molecule has 200 valence electrons. The lowest BCUT2D eigenvalue weighted by molar-refractivity contribution is -0.144. The third-order valence-corrected chi connectivity index (χ3v) is 7.89. The summed E-state index contributed by atoms with van der Waals surface area (Å²) in [5.74, 6) is 0.897. The molecule has 7 heteroatoms. The molecule has 2 aromatic carbocycles. The minimum absolute atomic E-state index is 0.271. The number of ether oxygens (including phenoxy) is 1. The van der Waals surface area contributed by atoms with Gasteiger partial charge in [-0.2, -0.15) is 0 Å². The Labute approximate surface area is 223 Å². The van der Waals surface area contributed by atoms with E-state index < -0.39 is 11.5 Å². The summed E-state index contributed by atoms with van der Waals surface area (Å²) in [5, 5.41) is 0. The van der Waals surface area contributed by atoms with E-state index in [1.807, 2.05) is 24.3 Å². The largest absolute Gasteiger partial charge is 0.464 e. The Morgan fingerprint density at radius 3 is 2.50 bits per heavy atom. The summed E-state index contributed by atoms with van der Waals surface area (Å²) in [6, 6.07) is 12.0. The summed E-state index contributed by atoms with van der Waals surface area (Å²) in [6.45, 7) is 6.35. The van der Waals surface area contributed by atoms with Gasteiger partial charge in [-0.25, -0.2) is 14.2 Å². The fraction of sp³-hybridized carbons (Fsp3) is 0.484. The van der Waals surface area contributed by atoms with E-state index in [1.54, 1.807) is 13.0 Å². The molecule has 1 aromatic heterocycles. The van der Waals surface area contributed by atoms with Crippen LogP contribution in [0.25, 0.3) is 16.7 Å². The van der Waals surface area contributed by atoms with E-state index in [0.29, 0.717) is 24.3 Å². The first-order valence-electron chi connectivity index (χ1n) is 13.8. The van der Waals surface area contributed by atoms with Gasteiger partial charge < -0.3 is 4.74 Å². The zero-order valence-electron chi connectivity index (χ0n) is 22.5. The topological polar surface area (TPSA) is 73.6 Å². The predicted molar refractivity (Wildman–Crippen MR) is 146 cm³/mol. The highest BCUT2D eigenvalue weighted by Crippen LogP contribution is 2.47. The first-order chi connectivity index (χ1) is 18.3. The third-order valence-electron chi connectivity index (χ3n) is 7.89. The fourth-order valence-electron chi connectivity index (χ4n) is 5.94. The summed E-state index contributed by atoms with van der Waals surface area (Å²) < 4.78 is 21.3. The van der Waals surface area contributed by atoms with Crippen molar-refractivity contribution in [3.63, 3.8) is 0 Å². The van der Waals surface area contributed by atoms with Gasteiger partial charge in [0, 0.05) is 36.7 Å². The molecule has 0 N–H and O–H groups in total. The van der Waals surface area contributed by atoms with Crippen LogP contribution in [0.1, 0.15) is 70.7 Å². The van der Waals surface area contributed by atoms with Crippen molar-refractivity contribution in [2.75, 3.05) is 6.61 Å². The molecule has 0 unspecified atom stereocenters. The van der Waals surface area contributed by atoms with Crippen LogP contribution >= 0.6 is 0 Å². The number of carbonyl (C=O) groups is 2. The van der Waals surface area contributed by atoms with Crippen molar-refractivity contribution in [3.8, 4) is 5.69 Å². The number of fused-ring (bicyclic) bond motifs is 1. The fourth-order valence-corrected chi connectivity index (χ4v) is 5.94. The molecule has 6 nitrogen and oxygen atoms in total. The number of aliphatic imine (C=N–C) groups is 1. The zero-order chi connectivity index (χ0) is 26.9. The van der Waals surface area contributed by atoms with E-state index in [9.17, 15) is 14.0 Å². The molecule has 0 radical (unpaired) electrons. The minimum Gasteiger partial charge on any atom is -0.464 e. The molecule has 2 saturated carbocycles. The highest BCUT2D eigenvalue weighted by atomic mass is 19.1. The Kier molecular flexibility index (Phi) is 7.46. The maximum Gasteiger partial charge on any atom is 0.331 e. The number of hydrogen-bond acceptors (Lipinski definition) is 5. The number of ketones is 1. The highest BCUT2D eigenvalue weighted by molar-refractivity contribution is 6.27. The van der Waals surface area contributed by atoms with E-state index in [4.69, 9.17) is 14.7 Å². The van der Waals surface area contributed by atoms with Crippen molar-refractivity contribution < 1.29 is 18.7 Å². The summed E-state index contributed by atoms with van der Waals surface area (Å²) in [7, 11) is 0. The van der Waals surface area contributed by atoms with Gasteiger partial charge in [-0.3, -0.25) is 14.4 Å². The Hall–Kier alpha value is -3.35. The van der Waals surface area contributed by atoms with Gasteiger partial charge in [-0.1, -0.05) is 45.2 Å². The number of nitrogens with zero attached hydrogens (tertiary/aromatic N) is 3. The number of rotatable bonds is 8. The lowest BCUT2D eigenvalue weighted by atomic mass is 9.58. The van der Waals surface area contributed by atoms with E-state index in [1.165, 1.54) is 12.1 Å². The first kappa shape index (κ1) is 26.3. The van der Waals surface area contributed by atoms with Crippen LogP contribution in [0.15, 0.2) is 47.5 Å². The summed E-state index contributed by atoms with van der Waals surface area (Å²) in [5.41, 5.74) is 3.82. The Balaban J connectivity index is 1.43. The number of halogens is 1. The van der Waals surface area contributed by atoms with Crippen LogP contribution < -0.4 is 0 Å². The molecule has 2 fully saturated rings. The second-order valence-electron chi connectivity index (χ2n) is 11.1. The van der Waals surface area contributed by atoms with Crippen LogP contribution in [0.2, 0.25) is 0 Å². The summed E-state index contributed by atoms with van der Waals surface area (Å²) in [4.78, 5) is 35.1. The quantitative estimate of drug-likeness (QED) is 0.334. The smallest absolute Gasteiger partial charge is 0.331 e. The van der Waals surface area contributed by atoms with Crippen molar-refractivity contribution in [1.29, 1.82) is 0 Å². The molecule has 5 rings (SSSR count). The average molecular weight is 518 g/mol. The molecule has 0 saturated heterocycles. The number of carbonyl (C=O) groups excluding carboxylic acids is 2. The lowest BCUT2D eigenvalue weighted by Crippen LogP contribution is -2.52. The summed E-state index contributed by atoms with van der Waals surface area (Å²) >= 11 is 0. The molecule has 0 bridgehead atoms. The van der Waals surface area contributed by atoms with Crippen molar-refractivity contribution >= 4 is 28.5 Å². The molecule has 0 aliphatic heterocycles. The molecular formula is C31H36FN3O3. The first-order valence-corrected chi connectivity index (χ1v) is 13.8. The van der Waals surface area contributed by atoms with Gasteiger partial charge in [0.15, 0.2) is 6.04 Å². The summed E-state index contributed by atoms with van der Waals surface area (Å²) in [6.07, 6.45) is 6.42. The van der Waals surface area contributed by atoms with Crippen LogP contribution in [-0.4, -0.2) is 39.7 Å². The third kappa shape index (κ3) is 5.03. The Morgan fingerprint density at radius 1 is 1.11 bits per heavy atom. The molecule has 2 aliphatic carbocycles. The maximum absolute atomic E-state index is 13.9. The predicted octanol–water partition coefficient (Wildman–Crippen LogP) is 6.20. The number of imidazole rings is 1. The number of esters is 1. The highest BCUT2D eigenvalue weighted by Gasteiger charge is 2.52. The second kappa shape index (κ2) is 10.8. The molecule has 0 amide bonds. The Morgan fingerprint density at radius 2 is 1.84 bits per heavy atom. The van der Waals surface area contributed by atoms with Crippen molar-refractivity contribution in [3.05, 3.63) is 59.7 Å². The molecule has 1 heterocycles. The van der Waals surface area contributed by atoms with E-state index in [0.717, 1.165) is 66.8 Å². The van der Waals surface area contributed by atoms with Gasteiger partial charge in [0.25, 0.3) is 0 Å². The van der Waals surface area contributed by atoms with Gasteiger partial charge in [0.2, 0.25) is 0 Å². The second-order valence-corrected chi connectivity index (χ2v) is 11.1. The molecular weight excluding hydrogens is 481 g/mol. The van der Waals surface area contributed by atoms with Crippen LogP contribution in [0.4, 0.5) is 4.39 Å².